The first-order chi connectivity index (χ1) is 17.5. The summed E-state index contributed by atoms with van der Waals surface area (Å²) in [7, 11) is -3.54. The Morgan fingerprint density at radius 2 is 1.89 bits per heavy atom. The average molecular weight is 531 g/mol. The van der Waals surface area contributed by atoms with Crippen LogP contribution in [0.25, 0.3) is 0 Å². The van der Waals surface area contributed by atoms with Crippen molar-refractivity contribution in [2.45, 2.75) is 49.6 Å². The number of rotatable bonds is 6. The van der Waals surface area contributed by atoms with Crippen molar-refractivity contribution in [2.75, 3.05) is 22.5 Å². The van der Waals surface area contributed by atoms with E-state index in [-0.39, 0.29) is 31.6 Å². The van der Waals surface area contributed by atoms with E-state index in [0.29, 0.717) is 30.7 Å². The number of anilines is 2. The number of imide groups is 1. The van der Waals surface area contributed by atoms with Gasteiger partial charge in [-0.15, -0.1) is 0 Å². The average Bonchev–Trinajstić information content (AvgIpc) is 3.36. The topological polar surface area (TPSA) is 151 Å². The molecule has 0 saturated carbocycles. The molecule has 0 bridgehead atoms. The summed E-state index contributed by atoms with van der Waals surface area (Å²) >= 11 is 0. The molecule has 3 aliphatic rings. The van der Waals surface area contributed by atoms with Crippen molar-refractivity contribution in [3.05, 3.63) is 47.5 Å². The largest absolute Gasteiger partial charge is 0.478 e. The van der Waals surface area contributed by atoms with Gasteiger partial charge in [0.25, 0.3) is 11.8 Å². The van der Waals surface area contributed by atoms with E-state index in [0.717, 1.165) is 11.1 Å². The fourth-order valence-corrected chi connectivity index (χ4v) is 5.86. The van der Waals surface area contributed by atoms with Crippen molar-refractivity contribution in [1.29, 1.82) is 0 Å². The zero-order valence-electron chi connectivity index (χ0n) is 20.3. The fourth-order valence-electron chi connectivity index (χ4n) is 4.96. The number of carbonyl (C=O) groups excluding carboxylic acids is 4. The van der Waals surface area contributed by atoms with Crippen LogP contribution in [0.2, 0.25) is 0 Å². The zero-order chi connectivity index (χ0) is 26.5. The van der Waals surface area contributed by atoms with Gasteiger partial charge in [0.2, 0.25) is 5.91 Å². The minimum absolute atomic E-state index is 0. The van der Waals surface area contributed by atoms with E-state index in [1.54, 1.807) is 25.1 Å². The number of hydrogen-bond donors (Lipinski definition) is 3. The maximum Gasteiger partial charge on any atom is 0.322 e. The second kappa shape index (κ2) is 8.87. The molecule has 198 valence electrons. The number of nitrogens with one attached hydrogen (secondary N) is 3. The Morgan fingerprint density at radius 1 is 1.14 bits per heavy atom. The normalized spacial score (nSPS) is 22.3. The van der Waals surface area contributed by atoms with Gasteiger partial charge in [0.05, 0.1) is 16.3 Å². The number of fused-ring (bicyclic) bond motifs is 2. The molecule has 0 radical (unpaired) electrons. The molecule has 2 unspecified atom stereocenters. The van der Waals surface area contributed by atoms with Crippen LogP contribution in [-0.4, -0.2) is 56.1 Å². The summed E-state index contributed by atoms with van der Waals surface area (Å²) < 4.78 is 30.6. The summed E-state index contributed by atoms with van der Waals surface area (Å²) in [6.07, 6.45) is 0.237. The van der Waals surface area contributed by atoms with Gasteiger partial charge < -0.3 is 15.4 Å². The SMILES string of the molecule is CCC1Oc2ccc(S(=O)(=O)CC)cc2N(CC(=O)Nc2ccc3c(c2)CC2(C3)NC(=O)NC2=O)C1=O.[HH].[HH]. The van der Waals surface area contributed by atoms with Gasteiger partial charge in [-0.2, -0.15) is 0 Å². The van der Waals surface area contributed by atoms with Crippen molar-refractivity contribution in [3.63, 3.8) is 0 Å². The third-order valence-corrected chi connectivity index (χ3v) is 8.66. The Kier molecular flexibility index (Phi) is 5.94. The molecule has 2 aliphatic heterocycles. The van der Waals surface area contributed by atoms with Gasteiger partial charge in [-0.3, -0.25) is 24.6 Å². The van der Waals surface area contributed by atoms with Crippen molar-refractivity contribution < 1.29 is 35.2 Å². The zero-order valence-corrected chi connectivity index (χ0v) is 21.1. The van der Waals surface area contributed by atoms with Crippen molar-refractivity contribution in [3.8, 4) is 5.75 Å². The summed E-state index contributed by atoms with van der Waals surface area (Å²) in [5.41, 5.74) is 1.39. The molecule has 1 spiro atoms. The third kappa shape index (κ3) is 4.31. The first-order valence-electron chi connectivity index (χ1n) is 12.0. The van der Waals surface area contributed by atoms with Crippen LogP contribution in [0.4, 0.5) is 16.2 Å². The number of urea groups is 1. The number of sulfone groups is 1. The lowest BCUT2D eigenvalue weighted by atomic mass is 9.96. The monoisotopic (exact) mass is 530 g/mol. The highest BCUT2D eigenvalue weighted by Gasteiger charge is 2.50. The highest BCUT2D eigenvalue weighted by molar-refractivity contribution is 7.91. The van der Waals surface area contributed by atoms with E-state index in [2.05, 4.69) is 16.0 Å². The number of amides is 5. The van der Waals surface area contributed by atoms with Crippen LogP contribution >= 0.6 is 0 Å². The molecule has 2 atom stereocenters. The number of carbonyl (C=O) groups is 4. The molecular weight excluding hydrogens is 500 g/mol. The van der Waals surface area contributed by atoms with E-state index in [1.165, 1.54) is 30.0 Å². The number of benzene rings is 2. The summed E-state index contributed by atoms with van der Waals surface area (Å²) in [5, 5.41) is 7.75. The predicted molar refractivity (Wildman–Crippen MR) is 137 cm³/mol. The molecule has 2 aromatic carbocycles. The molecule has 3 N–H and O–H groups in total. The summed E-state index contributed by atoms with van der Waals surface area (Å²) in [5.74, 6) is -1.08. The molecule has 1 aliphatic carbocycles. The molecule has 5 rings (SSSR count). The van der Waals surface area contributed by atoms with Gasteiger partial charge in [-0.05, 0) is 47.9 Å². The molecule has 1 saturated heterocycles. The number of hydrogen-bond acceptors (Lipinski definition) is 7. The highest BCUT2D eigenvalue weighted by Crippen LogP contribution is 2.37. The molecule has 37 heavy (non-hydrogen) atoms. The van der Waals surface area contributed by atoms with Crippen LogP contribution in [0.1, 0.15) is 34.2 Å². The minimum Gasteiger partial charge on any atom is -0.478 e. The Morgan fingerprint density at radius 3 is 2.57 bits per heavy atom. The Labute approximate surface area is 216 Å². The van der Waals surface area contributed by atoms with Crippen molar-refractivity contribution in [2.24, 2.45) is 0 Å². The molecule has 1 fully saturated rings. The molecule has 5 amide bonds. The summed E-state index contributed by atoms with van der Waals surface area (Å²) in [6, 6.07) is 9.01. The van der Waals surface area contributed by atoms with Crippen LogP contribution in [-0.2, 0) is 37.1 Å². The molecule has 0 aromatic heterocycles. The summed E-state index contributed by atoms with van der Waals surface area (Å²) in [6.45, 7) is 2.97. The van der Waals surface area contributed by atoms with Crippen LogP contribution < -0.4 is 25.6 Å². The molecular formula is C25H30N4O7S. The van der Waals surface area contributed by atoms with E-state index in [9.17, 15) is 27.6 Å². The van der Waals surface area contributed by atoms with Crippen molar-refractivity contribution in [1.82, 2.24) is 10.6 Å². The second-order valence-electron chi connectivity index (χ2n) is 9.35. The summed E-state index contributed by atoms with van der Waals surface area (Å²) in [4.78, 5) is 51.4. The lowest BCUT2D eigenvalue weighted by molar-refractivity contribution is -0.128. The quantitative estimate of drug-likeness (QED) is 0.482. The standard InChI is InChI=1S/C25H26N4O7S.2H2/c1-3-19-22(31)29(18-10-17(37(34,35)4-2)7-8-20(18)36-19)13-21(30)26-16-6-5-14-11-25(12-15(14)9-16)23(32)27-24(33)28-25;;/h5-10,19H,3-4,11-13H2,1-2H3,(H,26,30)(H2,27,28,32,33);2*1H. The van der Waals surface area contributed by atoms with Gasteiger partial charge in [-0.1, -0.05) is 19.9 Å². The third-order valence-electron chi connectivity index (χ3n) is 6.93. The maximum absolute atomic E-state index is 13.1. The van der Waals surface area contributed by atoms with Crippen molar-refractivity contribution >= 4 is 45.0 Å². The van der Waals surface area contributed by atoms with E-state index in [1.807, 2.05) is 0 Å². The van der Waals surface area contributed by atoms with Crippen LogP contribution in [0.5, 0.6) is 5.75 Å². The number of nitrogens with zero attached hydrogens (tertiary/aromatic N) is 1. The Bertz CT molecular complexity index is 1470. The van der Waals surface area contributed by atoms with E-state index in [4.69, 9.17) is 4.74 Å². The lowest BCUT2D eigenvalue weighted by Gasteiger charge is -2.34. The highest BCUT2D eigenvalue weighted by atomic mass is 32.2. The lowest BCUT2D eigenvalue weighted by Crippen LogP contribution is -2.48. The molecule has 12 heteroatoms. The van der Waals surface area contributed by atoms with Gasteiger partial charge in [0.15, 0.2) is 15.9 Å². The van der Waals surface area contributed by atoms with Gasteiger partial charge in [0.1, 0.15) is 17.8 Å². The van der Waals surface area contributed by atoms with Gasteiger partial charge in [-0.25, -0.2) is 13.2 Å². The van der Waals surface area contributed by atoms with Crippen LogP contribution in [0, 0.1) is 0 Å². The second-order valence-corrected chi connectivity index (χ2v) is 11.6. The van der Waals surface area contributed by atoms with E-state index >= 15 is 0 Å². The van der Waals surface area contributed by atoms with Gasteiger partial charge in [0, 0.05) is 21.4 Å². The van der Waals surface area contributed by atoms with Crippen LogP contribution in [0.3, 0.4) is 0 Å². The fraction of sp³-hybridized carbons (Fsp3) is 0.360. The molecule has 11 nitrogen and oxygen atoms in total. The minimum atomic E-state index is -3.54. The Hall–Kier alpha value is -3.93. The Balaban J connectivity index is 0.00000210. The molecule has 2 heterocycles. The first-order valence-corrected chi connectivity index (χ1v) is 13.6. The van der Waals surface area contributed by atoms with E-state index < -0.39 is 39.3 Å². The smallest absolute Gasteiger partial charge is 0.322 e. The first kappa shape index (κ1) is 24.8. The van der Waals surface area contributed by atoms with Crippen LogP contribution in [0.15, 0.2) is 41.3 Å². The van der Waals surface area contributed by atoms with Gasteiger partial charge >= 0.3 is 6.03 Å². The number of ether oxygens (including phenoxy) is 1. The maximum atomic E-state index is 13.1. The predicted octanol–water partition coefficient (Wildman–Crippen LogP) is 1.79. The molecule has 2 aromatic rings.